The number of para-hydroxylation sites is 1. The Kier molecular flexibility index (Phi) is 10.3. The molecule has 0 aliphatic carbocycles. The fourth-order valence-corrected chi connectivity index (χ4v) is 2.74. The van der Waals surface area contributed by atoms with Crippen LogP contribution in [0.4, 0.5) is 5.69 Å². The molecule has 0 radical (unpaired) electrons. The van der Waals surface area contributed by atoms with E-state index >= 15 is 0 Å². The predicted octanol–water partition coefficient (Wildman–Crippen LogP) is 4.08. The summed E-state index contributed by atoms with van der Waals surface area (Å²) in [6.07, 6.45) is 0.929. The molecule has 0 spiro atoms. The van der Waals surface area contributed by atoms with Gasteiger partial charge in [-0.3, -0.25) is 15.1 Å². The summed E-state index contributed by atoms with van der Waals surface area (Å²) in [5.74, 6) is 1.86. The number of hydrogen-bond donors (Lipinski definition) is 2. The van der Waals surface area contributed by atoms with Gasteiger partial charge in [-0.1, -0.05) is 37.3 Å². The van der Waals surface area contributed by atoms with Crippen molar-refractivity contribution < 1.29 is 9.66 Å². The highest BCUT2D eigenvalue weighted by Crippen LogP contribution is 2.21. The minimum atomic E-state index is -0.371. The van der Waals surface area contributed by atoms with Crippen LogP contribution >= 0.6 is 24.0 Å². The minimum absolute atomic E-state index is 0. The van der Waals surface area contributed by atoms with Crippen LogP contribution in [-0.4, -0.2) is 31.6 Å². The molecule has 2 aromatic carbocycles. The van der Waals surface area contributed by atoms with Crippen LogP contribution in [0, 0.1) is 10.1 Å². The van der Waals surface area contributed by atoms with Gasteiger partial charge < -0.3 is 15.4 Å². The van der Waals surface area contributed by atoms with E-state index < -0.39 is 0 Å². The molecule has 1 atom stereocenters. The molecular weight excluding hydrogens is 471 g/mol. The zero-order valence-electron chi connectivity index (χ0n) is 16.3. The molecule has 0 amide bonds. The zero-order valence-corrected chi connectivity index (χ0v) is 18.7. The van der Waals surface area contributed by atoms with Crippen molar-refractivity contribution in [2.24, 2.45) is 4.99 Å². The molecule has 1 unspecified atom stereocenters. The Hall–Kier alpha value is -2.36. The Balaban J connectivity index is 0.00000392. The average molecular weight is 498 g/mol. The summed E-state index contributed by atoms with van der Waals surface area (Å²) in [7, 11) is 3.34. The number of halogens is 1. The molecule has 0 saturated heterocycles. The van der Waals surface area contributed by atoms with Crippen LogP contribution < -0.4 is 15.4 Å². The van der Waals surface area contributed by atoms with Crippen LogP contribution in [0.25, 0.3) is 0 Å². The molecule has 2 N–H and O–H groups in total. The molecule has 8 heteroatoms. The van der Waals surface area contributed by atoms with Crippen LogP contribution in [0.1, 0.15) is 30.4 Å². The standard InChI is InChI=1S/C20H26N4O3.HI/c1-15(16-8-10-18(27-3)11-9-16)12-13-22-20(21-2)23-14-17-6-4-5-7-19(17)24(25)26;/h4-11,15H,12-14H2,1-3H3,(H2,21,22,23);1H. The van der Waals surface area contributed by atoms with E-state index in [9.17, 15) is 10.1 Å². The highest BCUT2D eigenvalue weighted by molar-refractivity contribution is 14.0. The van der Waals surface area contributed by atoms with Gasteiger partial charge in [0.15, 0.2) is 5.96 Å². The first-order chi connectivity index (χ1) is 13.0. The number of ether oxygens (including phenoxy) is 1. The molecule has 0 fully saturated rings. The van der Waals surface area contributed by atoms with E-state index in [0.717, 1.165) is 18.7 Å². The molecule has 2 aromatic rings. The van der Waals surface area contributed by atoms with Gasteiger partial charge in [0.25, 0.3) is 5.69 Å². The quantitative estimate of drug-likeness (QED) is 0.188. The maximum atomic E-state index is 11.1. The van der Waals surface area contributed by atoms with Gasteiger partial charge in [-0.2, -0.15) is 0 Å². The van der Waals surface area contributed by atoms with E-state index in [1.807, 2.05) is 12.1 Å². The van der Waals surface area contributed by atoms with Crippen LogP contribution in [0.3, 0.4) is 0 Å². The Morgan fingerprint density at radius 3 is 2.46 bits per heavy atom. The largest absolute Gasteiger partial charge is 0.497 e. The van der Waals surface area contributed by atoms with Crippen LogP contribution in [0.15, 0.2) is 53.5 Å². The summed E-state index contributed by atoms with van der Waals surface area (Å²) in [6.45, 7) is 3.25. The Morgan fingerprint density at radius 2 is 1.86 bits per heavy atom. The number of guanidine groups is 1. The molecule has 0 saturated carbocycles. The lowest BCUT2D eigenvalue weighted by Crippen LogP contribution is -2.37. The van der Waals surface area contributed by atoms with Crippen LogP contribution in [-0.2, 0) is 6.54 Å². The van der Waals surface area contributed by atoms with Gasteiger partial charge in [0.1, 0.15) is 5.75 Å². The molecule has 0 aromatic heterocycles. The smallest absolute Gasteiger partial charge is 0.274 e. The lowest BCUT2D eigenvalue weighted by atomic mass is 9.98. The second kappa shape index (κ2) is 12.2. The number of nitrogens with zero attached hydrogens (tertiary/aromatic N) is 2. The molecule has 28 heavy (non-hydrogen) atoms. The van der Waals surface area contributed by atoms with E-state index in [0.29, 0.717) is 24.0 Å². The third-order valence-electron chi connectivity index (χ3n) is 4.41. The highest BCUT2D eigenvalue weighted by atomic mass is 127. The lowest BCUT2D eigenvalue weighted by Gasteiger charge is -2.15. The molecular formula is C20H27IN4O3. The Bertz CT molecular complexity index is 781. The van der Waals surface area contributed by atoms with Crippen molar-refractivity contribution in [1.82, 2.24) is 10.6 Å². The third-order valence-corrected chi connectivity index (χ3v) is 4.41. The average Bonchev–Trinajstić information content (AvgIpc) is 2.70. The van der Waals surface area contributed by atoms with Crippen LogP contribution in [0.5, 0.6) is 5.75 Å². The van der Waals surface area contributed by atoms with Crippen molar-refractivity contribution in [2.75, 3.05) is 20.7 Å². The molecule has 0 aliphatic heterocycles. The Labute approximate surface area is 182 Å². The molecule has 0 aliphatic rings. The number of nitro benzene ring substituents is 1. The second-order valence-electron chi connectivity index (χ2n) is 6.20. The number of hydrogen-bond acceptors (Lipinski definition) is 4. The summed E-state index contributed by atoms with van der Waals surface area (Å²) in [4.78, 5) is 14.9. The first-order valence-corrected chi connectivity index (χ1v) is 8.86. The van der Waals surface area contributed by atoms with Gasteiger partial charge in [-0.15, -0.1) is 24.0 Å². The van der Waals surface area contributed by atoms with Crippen LogP contribution in [0.2, 0.25) is 0 Å². The fraction of sp³-hybridized carbons (Fsp3) is 0.350. The van der Waals surface area contributed by atoms with Crippen molar-refractivity contribution in [1.29, 1.82) is 0 Å². The Morgan fingerprint density at radius 1 is 1.18 bits per heavy atom. The monoisotopic (exact) mass is 498 g/mol. The van der Waals surface area contributed by atoms with Gasteiger partial charge in [0.2, 0.25) is 0 Å². The van der Waals surface area contributed by atoms with E-state index in [2.05, 4.69) is 34.7 Å². The van der Waals surface area contributed by atoms with E-state index in [4.69, 9.17) is 4.74 Å². The van der Waals surface area contributed by atoms with Gasteiger partial charge in [-0.25, -0.2) is 0 Å². The molecule has 7 nitrogen and oxygen atoms in total. The van der Waals surface area contributed by atoms with Gasteiger partial charge >= 0.3 is 0 Å². The molecule has 0 heterocycles. The maximum absolute atomic E-state index is 11.1. The van der Waals surface area contributed by atoms with E-state index in [1.54, 1.807) is 32.4 Å². The number of aliphatic imine (C=N–C) groups is 1. The SMILES string of the molecule is CN=C(NCCC(C)c1ccc(OC)cc1)NCc1ccccc1[N+](=O)[O-].I. The first kappa shape index (κ1) is 23.7. The summed E-state index contributed by atoms with van der Waals surface area (Å²) >= 11 is 0. The van der Waals surface area contributed by atoms with Crippen molar-refractivity contribution in [3.05, 3.63) is 69.8 Å². The minimum Gasteiger partial charge on any atom is -0.497 e. The number of rotatable bonds is 8. The molecule has 152 valence electrons. The second-order valence-corrected chi connectivity index (χ2v) is 6.20. The van der Waals surface area contributed by atoms with Gasteiger partial charge in [0.05, 0.1) is 12.0 Å². The normalized spacial score (nSPS) is 11.9. The third kappa shape index (κ3) is 6.99. The van der Waals surface area contributed by atoms with Crippen molar-refractivity contribution in [3.8, 4) is 5.75 Å². The number of benzene rings is 2. The summed E-state index contributed by atoms with van der Waals surface area (Å²) in [5, 5.41) is 17.5. The van der Waals surface area contributed by atoms with E-state index in [-0.39, 0.29) is 34.6 Å². The maximum Gasteiger partial charge on any atom is 0.274 e. The summed E-state index contributed by atoms with van der Waals surface area (Å²) < 4.78 is 5.18. The number of methoxy groups -OCH3 is 1. The van der Waals surface area contributed by atoms with Crippen molar-refractivity contribution in [2.45, 2.75) is 25.8 Å². The molecule has 2 rings (SSSR count). The zero-order chi connectivity index (χ0) is 19.6. The van der Waals surface area contributed by atoms with Crippen molar-refractivity contribution in [3.63, 3.8) is 0 Å². The number of nitrogens with one attached hydrogen (secondary N) is 2. The predicted molar refractivity (Wildman–Crippen MR) is 123 cm³/mol. The van der Waals surface area contributed by atoms with Gasteiger partial charge in [0, 0.05) is 31.8 Å². The summed E-state index contributed by atoms with van der Waals surface area (Å²) in [5.41, 5.74) is 1.98. The highest BCUT2D eigenvalue weighted by Gasteiger charge is 2.12. The first-order valence-electron chi connectivity index (χ1n) is 8.86. The lowest BCUT2D eigenvalue weighted by molar-refractivity contribution is -0.385. The topological polar surface area (TPSA) is 88.8 Å². The van der Waals surface area contributed by atoms with Gasteiger partial charge in [-0.05, 0) is 30.0 Å². The molecule has 0 bridgehead atoms. The summed E-state index contributed by atoms with van der Waals surface area (Å²) in [6, 6.07) is 14.8. The van der Waals surface area contributed by atoms with E-state index in [1.165, 1.54) is 11.6 Å². The fourth-order valence-electron chi connectivity index (χ4n) is 2.74. The van der Waals surface area contributed by atoms with Crippen molar-refractivity contribution >= 4 is 35.6 Å². The number of nitro groups is 1.